The molecule has 1 rings (SSSR count). The molecule has 2 unspecified atom stereocenters. The standard InChI is InChI=1S/C14H28NO.BrH/c1-11-8-9-14(4,13(11,2)3)12(16)10-15(5,6)7;/h11H,8-10H2,1-7H3;1H/q+1;/p-1. The molecule has 0 N–H and O–H groups in total. The molecular formula is C14H28BrNO. The van der Waals surface area contributed by atoms with Crippen LogP contribution in [0.5, 0.6) is 0 Å². The van der Waals surface area contributed by atoms with Gasteiger partial charge < -0.3 is 21.5 Å². The summed E-state index contributed by atoms with van der Waals surface area (Å²) in [6.45, 7) is 9.63. The largest absolute Gasteiger partial charge is 1.00 e. The van der Waals surface area contributed by atoms with E-state index in [1.54, 1.807) is 0 Å². The fraction of sp³-hybridized carbons (Fsp3) is 0.929. The normalized spacial score (nSPS) is 32.1. The van der Waals surface area contributed by atoms with Gasteiger partial charge in [-0.05, 0) is 24.2 Å². The summed E-state index contributed by atoms with van der Waals surface area (Å²) in [6, 6.07) is 0. The number of rotatable bonds is 3. The lowest BCUT2D eigenvalue weighted by atomic mass is 9.64. The van der Waals surface area contributed by atoms with Gasteiger partial charge in [0.25, 0.3) is 0 Å². The van der Waals surface area contributed by atoms with Crippen LogP contribution in [0.1, 0.15) is 40.5 Å². The van der Waals surface area contributed by atoms with Gasteiger partial charge in [0.1, 0.15) is 6.54 Å². The highest BCUT2D eigenvalue weighted by Gasteiger charge is 2.54. The van der Waals surface area contributed by atoms with Gasteiger partial charge in [0.15, 0.2) is 5.78 Å². The van der Waals surface area contributed by atoms with Gasteiger partial charge in [0, 0.05) is 5.41 Å². The Hall–Kier alpha value is 0.110. The van der Waals surface area contributed by atoms with Crippen molar-refractivity contribution >= 4 is 5.78 Å². The molecule has 3 heteroatoms. The maximum Gasteiger partial charge on any atom is 0.193 e. The fourth-order valence-electron chi connectivity index (χ4n) is 2.84. The molecule has 0 radical (unpaired) electrons. The zero-order valence-corrected chi connectivity index (χ0v) is 14.0. The third kappa shape index (κ3) is 3.11. The highest BCUT2D eigenvalue weighted by Crippen LogP contribution is 2.56. The first-order valence-electron chi connectivity index (χ1n) is 6.34. The van der Waals surface area contributed by atoms with E-state index in [2.05, 4.69) is 48.8 Å². The number of halogens is 1. The smallest absolute Gasteiger partial charge is 0.193 e. The Balaban J connectivity index is 0.00000256. The minimum Gasteiger partial charge on any atom is -1.00 e. The first kappa shape index (κ1) is 17.1. The maximum absolute atomic E-state index is 12.5. The molecule has 0 spiro atoms. The molecule has 0 amide bonds. The van der Waals surface area contributed by atoms with Crippen molar-refractivity contribution in [2.45, 2.75) is 40.5 Å². The molecule has 0 heterocycles. The minimum absolute atomic E-state index is 0. The van der Waals surface area contributed by atoms with Crippen LogP contribution in [-0.2, 0) is 4.79 Å². The van der Waals surface area contributed by atoms with Crippen molar-refractivity contribution in [1.82, 2.24) is 0 Å². The van der Waals surface area contributed by atoms with Crippen molar-refractivity contribution in [3.8, 4) is 0 Å². The van der Waals surface area contributed by atoms with Crippen LogP contribution in [0, 0.1) is 16.7 Å². The highest BCUT2D eigenvalue weighted by atomic mass is 79.9. The molecule has 1 fully saturated rings. The number of nitrogens with zero attached hydrogens (tertiary/aromatic N) is 1. The second kappa shape index (κ2) is 5.00. The van der Waals surface area contributed by atoms with E-state index in [1.165, 1.54) is 6.42 Å². The lowest BCUT2D eigenvalue weighted by Crippen LogP contribution is -3.00. The lowest BCUT2D eigenvalue weighted by Gasteiger charge is -2.40. The van der Waals surface area contributed by atoms with Crippen LogP contribution in [0.3, 0.4) is 0 Å². The van der Waals surface area contributed by atoms with E-state index >= 15 is 0 Å². The Morgan fingerprint density at radius 2 is 1.71 bits per heavy atom. The van der Waals surface area contributed by atoms with E-state index in [1.807, 2.05) is 0 Å². The minimum atomic E-state index is -0.127. The Bertz CT molecular complexity index is 293. The van der Waals surface area contributed by atoms with Crippen LogP contribution < -0.4 is 17.0 Å². The molecule has 0 aliphatic heterocycles. The SMILES string of the molecule is CC1CCC(C)(C(=O)C[N+](C)(C)C)C1(C)C.[Br-]. The van der Waals surface area contributed by atoms with Gasteiger partial charge in [-0.1, -0.05) is 27.7 Å². The second-order valence-corrected chi connectivity index (χ2v) is 7.37. The topological polar surface area (TPSA) is 17.1 Å². The van der Waals surface area contributed by atoms with Crippen LogP contribution in [0.4, 0.5) is 0 Å². The van der Waals surface area contributed by atoms with E-state index in [0.29, 0.717) is 18.2 Å². The summed E-state index contributed by atoms with van der Waals surface area (Å²) in [7, 11) is 6.27. The molecule has 0 aromatic heterocycles. The Kier molecular flexibility index (Phi) is 5.04. The average Bonchev–Trinajstić information content (AvgIpc) is 2.27. The molecule has 1 aliphatic rings. The van der Waals surface area contributed by atoms with E-state index in [9.17, 15) is 4.79 Å². The number of carbonyl (C=O) groups excluding carboxylic acids is 1. The van der Waals surface area contributed by atoms with E-state index in [-0.39, 0.29) is 27.8 Å². The number of Topliss-reactive ketones (excluding diaryl/α,β-unsaturated/α-hetero) is 1. The Labute approximate surface area is 117 Å². The molecule has 0 saturated heterocycles. The second-order valence-electron chi connectivity index (χ2n) is 7.37. The summed E-state index contributed by atoms with van der Waals surface area (Å²) in [6.07, 6.45) is 2.24. The summed E-state index contributed by atoms with van der Waals surface area (Å²) in [5.41, 5.74) is 0.0111. The van der Waals surface area contributed by atoms with Crippen LogP contribution in [-0.4, -0.2) is 38.0 Å². The van der Waals surface area contributed by atoms with Gasteiger partial charge in [-0.15, -0.1) is 0 Å². The Morgan fingerprint density at radius 1 is 1.24 bits per heavy atom. The van der Waals surface area contributed by atoms with Crippen LogP contribution >= 0.6 is 0 Å². The van der Waals surface area contributed by atoms with Crippen molar-refractivity contribution in [2.24, 2.45) is 16.7 Å². The molecule has 1 saturated carbocycles. The summed E-state index contributed by atoms with van der Waals surface area (Å²) < 4.78 is 0.735. The molecule has 0 aromatic carbocycles. The van der Waals surface area contributed by atoms with Crippen molar-refractivity contribution in [1.29, 1.82) is 0 Å². The zero-order valence-electron chi connectivity index (χ0n) is 12.4. The van der Waals surface area contributed by atoms with Crippen LogP contribution in [0.2, 0.25) is 0 Å². The van der Waals surface area contributed by atoms with Crippen molar-refractivity contribution in [2.75, 3.05) is 27.7 Å². The Morgan fingerprint density at radius 3 is 2.00 bits per heavy atom. The number of ketones is 1. The van der Waals surface area contributed by atoms with Crippen LogP contribution in [0.25, 0.3) is 0 Å². The first-order valence-corrected chi connectivity index (χ1v) is 6.34. The molecule has 17 heavy (non-hydrogen) atoms. The third-order valence-corrected chi connectivity index (χ3v) is 4.96. The third-order valence-electron chi connectivity index (χ3n) is 4.96. The monoisotopic (exact) mass is 305 g/mol. The van der Waals surface area contributed by atoms with Crippen molar-refractivity contribution in [3.63, 3.8) is 0 Å². The highest BCUT2D eigenvalue weighted by molar-refractivity contribution is 5.86. The predicted octanol–water partition coefficient (Wildman–Crippen LogP) is -0.272. The first-order chi connectivity index (χ1) is 7.01. The molecule has 2 nitrogen and oxygen atoms in total. The number of quaternary nitrogens is 1. The molecule has 1 aliphatic carbocycles. The maximum atomic E-state index is 12.5. The molecule has 0 aromatic rings. The number of carbonyl (C=O) groups is 1. The number of hydrogen-bond donors (Lipinski definition) is 0. The van der Waals surface area contributed by atoms with Crippen molar-refractivity contribution in [3.05, 3.63) is 0 Å². The quantitative estimate of drug-likeness (QED) is 0.656. The summed E-state index contributed by atoms with van der Waals surface area (Å²) in [5.74, 6) is 1.09. The number of likely N-dealkylation sites (N-methyl/N-ethyl adjacent to an activating group) is 1. The average molecular weight is 306 g/mol. The summed E-state index contributed by atoms with van der Waals surface area (Å²) >= 11 is 0. The zero-order chi connectivity index (χ0) is 12.8. The molecule has 2 atom stereocenters. The molecule has 102 valence electrons. The van der Waals surface area contributed by atoms with Crippen LogP contribution in [0.15, 0.2) is 0 Å². The van der Waals surface area contributed by atoms with Gasteiger partial charge in [0.05, 0.1) is 21.1 Å². The molecule has 0 bridgehead atoms. The van der Waals surface area contributed by atoms with Gasteiger partial charge in [-0.2, -0.15) is 0 Å². The van der Waals surface area contributed by atoms with E-state index < -0.39 is 0 Å². The lowest BCUT2D eigenvalue weighted by molar-refractivity contribution is -0.862. The van der Waals surface area contributed by atoms with Gasteiger partial charge in [-0.3, -0.25) is 4.79 Å². The van der Waals surface area contributed by atoms with E-state index in [0.717, 1.165) is 10.9 Å². The predicted molar refractivity (Wildman–Crippen MR) is 68.2 cm³/mol. The van der Waals surface area contributed by atoms with Crippen molar-refractivity contribution < 1.29 is 26.3 Å². The van der Waals surface area contributed by atoms with Gasteiger partial charge in [-0.25, -0.2) is 0 Å². The molecular weight excluding hydrogens is 278 g/mol. The van der Waals surface area contributed by atoms with Gasteiger partial charge in [0.2, 0.25) is 0 Å². The summed E-state index contributed by atoms with van der Waals surface area (Å²) in [4.78, 5) is 12.5. The fourth-order valence-corrected chi connectivity index (χ4v) is 2.84. The van der Waals surface area contributed by atoms with Gasteiger partial charge >= 0.3 is 0 Å². The van der Waals surface area contributed by atoms with E-state index in [4.69, 9.17) is 0 Å². The number of hydrogen-bond acceptors (Lipinski definition) is 1. The summed E-state index contributed by atoms with van der Waals surface area (Å²) in [5, 5.41) is 0.